The molecule has 0 fully saturated rings. The first-order chi connectivity index (χ1) is 20.4. The Balaban J connectivity index is 1.49. The molecular weight excluding hydrogens is 544 g/mol. The maximum atomic E-state index is 14.1. The van der Waals surface area contributed by atoms with Crippen LogP contribution in [-0.2, 0) is 16.1 Å². The van der Waals surface area contributed by atoms with Gasteiger partial charge in [0, 0.05) is 29.2 Å². The second kappa shape index (κ2) is 11.1. The molecule has 0 spiro atoms. The first-order valence-electron chi connectivity index (χ1n) is 13.7. The number of para-hydroxylation sites is 1. The zero-order valence-electron chi connectivity index (χ0n) is 23.5. The molecule has 208 valence electrons. The Morgan fingerprint density at radius 2 is 1.81 bits per heavy atom. The standard InChI is InChI=1S/C34H28N4O3S/c1-4-41-33(40)30-22(3)36-34-38(31(30)25-15-9-21(2)10-16-25)32(39)29(42-34)17-26-20-37(28-8-6-5-7-27(26)28)19-24-13-11-23(18-35)12-14-24/h5-17,20,31H,4,19H2,1-3H3/b29-17-/t31-/m0/s1. The molecule has 0 radical (unpaired) electrons. The number of ether oxygens (including phenoxy) is 1. The number of carbonyl (C=O) groups is 1. The van der Waals surface area contributed by atoms with Crippen LogP contribution in [0.25, 0.3) is 17.0 Å². The summed E-state index contributed by atoms with van der Waals surface area (Å²) in [7, 11) is 0. The number of nitrogens with zero attached hydrogens (tertiary/aromatic N) is 4. The number of rotatable bonds is 6. The molecule has 0 amide bonds. The van der Waals surface area contributed by atoms with E-state index in [0.717, 1.165) is 33.2 Å². The van der Waals surface area contributed by atoms with Gasteiger partial charge in [-0.3, -0.25) is 9.36 Å². The van der Waals surface area contributed by atoms with Crippen LogP contribution in [0.5, 0.6) is 0 Å². The third-order valence-corrected chi connectivity index (χ3v) is 8.44. The summed E-state index contributed by atoms with van der Waals surface area (Å²) in [5.41, 5.74) is 6.27. The highest BCUT2D eigenvalue weighted by molar-refractivity contribution is 7.07. The Morgan fingerprint density at radius 3 is 2.52 bits per heavy atom. The lowest BCUT2D eigenvalue weighted by molar-refractivity contribution is -0.139. The molecule has 6 rings (SSSR count). The maximum absolute atomic E-state index is 14.1. The van der Waals surface area contributed by atoms with Gasteiger partial charge in [0.1, 0.15) is 0 Å². The number of benzene rings is 3. The van der Waals surface area contributed by atoms with Crippen LogP contribution in [0.1, 0.15) is 47.7 Å². The largest absolute Gasteiger partial charge is 0.463 e. The summed E-state index contributed by atoms with van der Waals surface area (Å²) < 4.78 is 9.71. The summed E-state index contributed by atoms with van der Waals surface area (Å²) in [6.45, 7) is 6.41. The first-order valence-corrected chi connectivity index (χ1v) is 14.5. The van der Waals surface area contributed by atoms with E-state index in [0.29, 0.717) is 32.7 Å². The predicted molar refractivity (Wildman–Crippen MR) is 164 cm³/mol. The van der Waals surface area contributed by atoms with Gasteiger partial charge in [0.25, 0.3) is 5.56 Å². The van der Waals surface area contributed by atoms with Crippen LogP contribution in [0, 0.1) is 18.3 Å². The lowest BCUT2D eigenvalue weighted by Crippen LogP contribution is -2.39. The highest BCUT2D eigenvalue weighted by atomic mass is 32.1. The fourth-order valence-electron chi connectivity index (χ4n) is 5.40. The van der Waals surface area contributed by atoms with Crippen molar-refractivity contribution < 1.29 is 9.53 Å². The van der Waals surface area contributed by atoms with Crippen LogP contribution in [0.3, 0.4) is 0 Å². The molecule has 5 aromatic rings. The Labute approximate surface area is 246 Å². The zero-order chi connectivity index (χ0) is 29.4. The lowest BCUT2D eigenvalue weighted by atomic mass is 9.95. The number of aryl methyl sites for hydroxylation is 1. The van der Waals surface area contributed by atoms with Crippen molar-refractivity contribution in [3.8, 4) is 6.07 Å². The summed E-state index contributed by atoms with van der Waals surface area (Å²) in [6.07, 6.45) is 3.96. The average Bonchev–Trinajstić information content (AvgIpc) is 3.49. The molecular formula is C34H28N4O3S. The first kappa shape index (κ1) is 27.2. The fourth-order valence-corrected chi connectivity index (χ4v) is 6.44. The van der Waals surface area contributed by atoms with E-state index in [1.54, 1.807) is 18.4 Å². The van der Waals surface area contributed by atoms with Crippen LogP contribution in [0.4, 0.5) is 0 Å². The Morgan fingerprint density at radius 1 is 1.07 bits per heavy atom. The third-order valence-electron chi connectivity index (χ3n) is 7.45. The molecule has 42 heavy (non-hydrogen) atoms. The molecule has 0 saturated carbocycles. The molecule has 1 atom stereocenters. The number of fused-ring (bicyclic) bond motifs is 2. The number of carbonyl (C=O) groups excluding carboxylic acids is 1. The van der Waals surface area contributed by atoms with Gasteiger partial charge in [-0.25, -0.2) is 9.79 Å². The summed E-state index contributed by atoms with van der Waals surface area (Å²) in [5, 5.41) is 10.2. The minimum absolute atomic E-state index is 0.206. The molecule has 1 aliphatic heterocycles. The van der Waals surface area contributed by atoms with Gasteiger partial charge >= 0.3 is 5.97 Å². The molecule has 7 nitrogen and oxygen atoms in total. The second-order valence-corrected chi connectivity index (χ2v) is 11.3. The van der Waals surface area contributed by atoms with Crippen molar-refractivity contribution in [2.45, 2.75) is 33.4 Å². The van der Waals surface area contributed by atoms with E-state index < -0.39 is 12.0 Å². The lowest BCUT2D eigenvalue weighted by Gasteiger charge is -2.24. The van der Waals surface area contributed by atoms with Gasteiger partial charge in [-0.2, -0.15) is 5.26 Å². The summed E-state index contributed by atoms with van der Waals surface area (Å²) in [6, 6.07) is 25.0. The molecule has 0 aliphatic carbocycles. The number of esters is 1. The van der Waals surface area contributed by atoms with Gasteiger partial charge in [0.2, 0.25) is 0 Å². The van der Waals surface area contributed by atoms with E-state index in [2.05, 4.69) is 16.7 Å². The second-order valence-electron chi connectivity index (χ2n) is 10.3. The monoisotopic (exact) mass is 572 g/mol. The van der Waals surface area contributed by atoms with Gasteiger partial charge < -0.3 is 9.30 Å². The molecule has 2 aromatic heterocycles. The normalized spacial score (nSPS) is 14.9. The third kappa shape index (κ3) is 4.89. The van der Waals surface area contributed by atoms with Gasteiger partial charge in [-0.1, -0.05) is 71.5 Å². The van der Waals surface area contributed by atoms with Crippen molar-refractivity contribution in [2.75, 3.05) is 6.61 Å². The SMILES string of the molecule is CCOC(=O)C1=C(C)N=c2s/c(=C\c3cn(Cc4ccc(C#N)cc4)c4ccccc34)c(=O)n2[C@H]1c1ccc(C)cc1. The van der Waals surface area contributed by atoms with Gasteiger partial charge in [0.15, 0.2) is 4.80 Å². The van der Waals surface area contributed by atoms with Crippen LogP contribution in [0.15, 0.2) is 100 Å². The van der Waals surface area contributed by atoms with Crippen molar-refractivity contribution in [1.29, 1.82) is 5.26 Å². The van der Waals surface area contributed by atoms with Crippen molar-refractivity contribution in [3.63, 3.8) is 0 Å². The number of aromatic nitrogens is 2. The van der Waals surface area contributed by atoms with Crippen LogP contribution < -0.4 is 14.9 Å². The summed E-state index contributed by atoms with van der Waals surface area (Å²) in [4.78, 5) is 32.4. The van der Waals surface area contributed by atoms with Crippen LogP contribution >= 0.6 is 11.3 Å². The maximum Gasteiger partial charge on any atom is 0.338 e. The minimum atomic E-state index is -0.638. The highest BCUT2D eigenvalue weighted by Gasteiger charge is 2.33. The average molecular weight is 573 g/mol. The number of thiazole rings is 1. The molecule has 1 aliphatic rings. The van der Waals surface area contributed by atoms with Crippen LogP contribution in [0.2, 0.25) is 0 Å². The van der Waals surface area contributed by atoms with Gasteiger partial charge in [-0.05, 0) is 56.2 Å². The fraction of sp³-hybridized carbons (Fsp3) is 0.176. The number of hydrogen-bond donors (Lipinski definition) is 0. The minimum Gasteiger partial charge on any atom is -0.463 e. The zero-order valence-corrected chi connectivity index (χ0v) is 24.3. The molecule has 0 bridgehead atoms. The van der Waals surface area contributed by atoms with E-state index in [1.165, 1.54) is 11.3 Å². The van der Waals surface area contributed by atoms with Crippen LogP contribution in [-0.4, -0.2) is 21.7 Å². The molecule has 3 heterocycles. The Bertz CT molecular complexity index is 2090. The molecule has 0 unspecified atom stereocenters. The van der Waals surface area contributed by atoms with E-state index in [1.807, 2.05) is 85.9 Å². The van der Waals surface area contributed by atoms with Crippen molar-refractivity contribution >= 4 is 34.3 Å². The van der Waals surface area contributed by atoms with Crippen molar-refractivity contribution in [2.24, 2.45) is 4.99 Å². The van der Waals surface area contributed by atoms with E-state index in [-0.39, 0.29) is 12.2 Å². The Kier molecular flexibility index (Phi) is 7.19. The van der Waals surface area contributed by atoms with E-state index in [4.69, 9.17) is 15.0 Å². The van der Waals surface area contributed by atoms with E-state index in [9.17, 15) is 9.59 Å². The number of hydrogen-bond acceptors (Lipinski definition) is 6. The molecule has 0 saturated heterocycles. The van der Waals surface area contributed by atoms with E-state index >= 15 is 0 Å². The molecule has 8 heteroatoms. The quantitative estimate of drug-likeness (QED) is 0.269. The number of nitriles is 1. The molecule has 0 N–H and O–H groups in total. The molecule has 3 aromatic carbocycles. The van der Waals surface area contributed by atoms with Gasteiger partial charge in [0.05, 0.1) is 40.1 Å². The van der Waals surface area contributed by atoms with Crippen molar-refractivity contribution in [3.05, 3.63) is 138 Å². The number of allylic oxidation sites excluding steroid dienone is 1. The predicted octanol–water partition coefficient (Wildman–Crippen LogP) is 4.98. The van der Waals surface area contributed by atoms with Gasteiger partial charge in [-0.15, -0.1) is 0 Å². The topological polar surface area (TPSA) is 89.4 Å². The van der Waals surface area contributed by atoms with Crippen molar-refractivity contribution in [1.82, 2.24) is 9.13 Å². The highest BCUT2D eigenvalue weighted by Crippen LogP contribution is 2.31. The Hall–Kier alpha value is -5.00. The summed E-state index contributed by atoms with van der Waals surface area (Å²) in [5.74, 6) is -0.468. The summed E-state index contributed by atoms with van der Waals surface area (Å²) >= 11 is 1.32. The smallest absolute Gasteiger partial charge is 0.338 e.